The summed E-state index contributed by atoms with van der Waals surface area (Å²) in [6.45, 7) is 0. The molecule has 0 N–H and O–H groups in total. The number of rotatable bonds is 4. The fraction of sp³-hybridized carbons (Fsp3) is 0.300. The molecule has 0 amide bonds. The van der Waals surface area contributed by atoms with Crippen LogP contribution in [0, 0.1) is 11.3 Å². The molecule has 0 aliphatic rings. The SMILES string of the molecule is N#CCCCc1nc(-c2ccncn2)no1. The van der Waals surface area contributed by atoms with Crippen molar-refractivity contribution in [2.75, 3.05) is 0 Å². The van der Waals surface area contributed by atoms with Crippen molar-refractivity contribution in [2.45, 2.75) is 19.3 Å². The van der Waals surface area contributed by atoms with E-state index in [-0.39, 0.29) is 0 Å². The molecule has 6 heteroatoms. The number of nitriles is 1. The van der Waals surface area contributed by atoms with Crippen LogP contribution in [0.5, 0.6) is 0 Å². The summed E-state index contributed by atoms with van der Waals surface area (Å²) in [4.78, 5) is 12.0. The van der Waals surface area contributed by atoms with E-state index in [2.05, 4.69) is 26.2 Å². The Labute approximate surface area is 92.0 Å². The fourth-order valence-electron chi connectivity index (χ4n) is 1.20. The summed E-state index contributed by atoms with van der Waals surface area (Å²) in [5.41, 5.74) is 0.630. The molecule has 2 rings (SSSR count). The van der Waals surface area contributed by atoms with Crippen LogP contribution in [0.15, 0.2) is 23.1 Å². The van der Waals surface area contributed by atoms with Crippen LogP contribution in [0.3, 0.4) is 0 Å². The predicted octanol–water partition coefficient (Wildman–Crippen LogP) is 1.37. The molecule has 0 saturated carbocycles. The lowest BCUT2D eigenvalue weighted by atomic mass is 10.2. The average Bonchev–Trinajstić information content (AvgIpc) is 2.79. The lowest BCUT2D eigenvalue weighted by Gasteiger charge is -1.89. The van der Waals surface area contributed by atoms with Gasteiger partial charge in [0, 0.05) is 19.0 Å². The second-order valence-electron chi connectivity index (χ2n) is 3.12. The Morgan fingerprint density at radius 3 is 3.12 bits per heavy atom. The first-order valence-electron chi connectivity index (χ1n) is 4.86. The van der Waals surface area contributed by atoms with Gasteiger partial charge in [0.25, 0.3) is 0 Å². The van der Waals surface area contributed by atoms with E-state index >= 15 is 0 Å². The van der Waals surface area contributed by atoms with Crippen LogP contribution in [-0.4, -0.2) is 20.1 Å². The van der Waals surface area contributed by atoms with Gasteiger partial charge in [-0.25, -0.2) is 9.97 Å². The molecule has 0 atom stereocenters. The predicted molar refractivity (Wildman–Crippen MR) is 53.9 cm³/mol. The number of aromatic nitrogens is 4. The standard InChI is InChI=1S/C10H9N5O/c11-5-2-1-3-9-14-10(15-16-9)8-4-6-12-7-13-8/h4,6-7H,1-3H2. The molecule has 0 saturated heterocycles. The van der Waals surface area contributed by atoms with Gasteiger partial charge in [-0.2, -0.15) is 10.2 Å². The van der Waals surface area contributed by atoms with E-state index in [1.165, 1.54) is 6.33 Å². The van der Waals surface area contributed by atoms with Crippen molar-refractivity contribution in [2.24, 2.45) is 0 Å². The van der Waals surface area contributed by atoms with Crippen LogP contribution in [0.4, 0.5) is 0 Å². The van der Waals surface area contributed by atoms with Gasteiger partial charge < -0.3 is 4.52 Å². The lowest BCUT2D eigenvalue weighted by Crippen LogP contribution is -1.87. The summed E-state index contributed by atoms with van der Waals surface area (Å²) in [7, 11) is 0. The van der Waals surface area contributed by atoms with Gasteiger partial charge in [0.1, 0.15) is 12.0 Å². The van der Waals surface area contributed by atoms with Gasteiger partial charge in [-0.1, -0.05) is 5.16 Å². The Morgan fingerprint density at radius 2 is 2.38 bits per heavy atom. The Bertz CT molecular complexity index is 487. The van der Waals surface area contributed by atoms with Crippen LogP contribution in [0.2, 0.25) is 0 Å². The first-order valence-corrected chi connectivity index (χ1v) is 4.86. The highest BCUT2D eigenvalue weighted by atomic mass is 16.5. The molecule has 0 radical (unpaired) electrons. The van der Waals surface area contributed by atoms with Gasteiger partial charge >= 0.3 is 0 Å². The summed E-state index contributed by atoms with van der Waals surface area (Å²) in [6, 6.07) is 3.78. The van der Waals surface area contributed by atoms with Crippen LogP contribution in [0.1, 0.15) is 18.7 Å². The van der Waals surface area contributed by atoms with Crippen molar-refractivity contribution in [1.29, 1.82) is 5.26 Å². The van der Waals surface area contributed by atoms with E-state index in [9.17, 15) is 0 Å². The first kappa shape index (κ1) is 10.2. The summed E-state index contributed by atoms with van der Waals surface area (Å²) >= 11 is 0. The number of aryl methyl sites for hydroxylation is 1. The third-order valence-corrected chi connectivity index (χ3v) is 1.96. The number of hydrogen-bond acceptors (Lipinski definition) is 6. The molecule has 16 heavy (non-hydrogen) atoms. The highest BCUT2D eigenvalue weighted by Crippen LogP contribution is 2.12. The summed E-state index contributed by atoms with van der Waals surface area (Å²) in [5, 5.41) is 12.2. The summed E-state index contributed by atoms with van der Waals surface area (Å²) in [6.07, 6.45) is 4.88. The van der Waals surface area contributed by atoms with E-state index in [0.717, 1.165) is 6.42 Å². The maximum Gasteiger partial charge on any atom is 0.227 e. The molecular weight excluding hydrogens is 206 g/mol. The molecule has 0 unspecified atom stereocenters. The highest BCUT2D eigenvalue weighted by molar-refractivity contribution is 5.46. The molecular formula is C10H9N5O. The smallest absolute Gasteiger partial charge is 0.227 e. The van der Waals surface area contributed by atoms with E-state index in [1.807, 2.05) is 0 Å². The molecule has 0 aliphatic heterocycles. The average molecular weight is 215 g/mol. The first-order chi connectivity index (χ1) is 7.90. The Kier molecular flexibility index (Phi) is 3.18. The van der Waals surface area contributed by atoms with Gasteiger partial charge in [0.05, 0.1) is 6.07 Å². The topological polar surface area (TPSA) is 88.5 Å². The van der Waals surface area contributed by atoms with Gasteiger partial charge in [-0.05, 0) is 12.5 Å². The van der Waals surface area contributed by atoms with Crippen molar-refractivity contribution < 1.29 is 4.52 Å². The molecule has 6 nitrogen and oxygen atoms in total. The van der Waals surface area contributed by atoms with Crippen LogP contribution < -0.4 is 0 Å². The zero-order valence-corrected chi connectivity index (χ0v) is 8.50. The highest BCUT2D eigenvalue weighted by Gasteiger charge is 2.08. The van der Waals surface area contributed by atoms with E-state index in [0.29, 0.717) is 30.3 Å². The van der Waals surface area contributed by atoms with Crippen LogP contribution in [0.25, 0.3) is 11.5 Å². The van der Waals surface area contributed by atoms with E-state index in [1.54, 1.807) is 12.3 Å². The maximum absolute atomic E-state index is 8.39. The van der Waals surface area contributed by atoms with Crippen molar-refractivity contribution >= 4 is 0 Å². The third-order valence-electron chi connectivity index (χ3n) is 1.96. The zero-order chi connectivity index (χ0) is 11.2. The molecule has 0 spiro atoms. The Morgan fingerprint density at radius 1 is 1.44 bits per heavy atom. The lowest BCUT2D eigenvalue weighted by molar-refractivity contribution is 0.376. The number of nitrogens with zero attached hydrogens (tertiary/aromatic N) is 5. The molecule has 0 bridgehead atoms. The molecule has 0 aromatic carbocycles. The minimum Gasteiger partial charge on any atom is -0.339 e. The third kappa shape index (κ3) is 2.39. The normalized spacial score (nSPS) is 9.94. The van der Waals surface area contributed by atoms with Gasteiger partial charge in [-0.15, -0.1) is 0 Å². The van der Waals surface area contributed by atoms with Crippen LogP contribution >= 0.6 is 0 Å². The Balaban J connectivity index is 2.06. The second kappa shape index (κ2) is 4.98. The van der Waals surface area contributed by atoms with Gasteiger partial charge in [-0.3, -0.25) is 0 Å². The van der Waals surface area contributed by atoms with E-state index in [4.69, 9.17) is 9.78 Å². The van der Waals surface area contributed by atoms with E-state index < -0.39 is 0 Å². The number of unbranched alkanes of at least 4 members (excludes halogenated alkanes) is 1. The van der Waals surface area contributed by atoms with Crippen LogP contribution in [-0.2, 0) is 6.42 Å². The van der Waals surface area contributed by atoms with Crippen molar-refractivity contribution in [3.63, 3.8) is 0 Å². The van der Waals surface area contributed by atoms with Gasteiger partial charge in [0.2, 0.25) is 11.7 Å². The minimum absolute atomic E-state index is 0.453. The largest absolute Gasteiger partial charge is 0.339 e. The quantitative estimate of drug-likeness (QED) is 0.715. The van der Waals surface area contributed by atoms with Gasteiger partial charge in [0.15, 0.2) is 0 Å². The van der Waals surface area contributed by atoms with Crippen molar-refractivity contribution in [3.8, 4) is 17.6 Å². The summed E-state index contributed by atoms with van der Waals surface area (Å²) < 4.78 is 5.03. The second-order valence-corrected chi connectivity index (χ2v) is 3.12. The molecule has 2 aromatic heterocycles. The molecule has 0 fully saturated rings. The Hall–Kier alpha value is -2.29. The monoisotopic (exact) mass is 215 g/mol. The fourth-order valence-corrected chi connectivity index (χ4v) is 1.20. The molecule has 80 valence electrons. The number of hydrogen-bond donors (Lipinski definition) is 0. The molecule has 0 aliphatic carbocycles. The molecule has 2 aromatic rings. The zero-order valence-electron chi connectivity index (χ0n) is 8.50. The summed E-state index contributed by atoms with van der Waals surface area (Å²) in [5.74, 6) is 0.984. The van der Waals surface area contributed by atoms with Crippen molar-refractivity contribution in [3.05, 3.63) is 24.5 Å². The van der Waals surface area contributed by atoms with Crippen molar-refractivity contribution in [1.82, 2.24) is 20.1 Å². The maximum atomic E-state index is 8.39. The molecule has 2 heterocycles. The minimum atomic E-state index is 0.453.